The van der Waals surface area contributed by atoms with Crippen LogP contribution in [-0.4, -0.2) is 41.1 Å². The van der Waals surface area contributed by atoms with Crippen LogP contribution in [0.25, 0.3) is 0 Å². The largest absolute Gasteiger partial charge is 0.497 e. The van der Waals surface area contributed by atoms with Gasteiger partial charge in [0.15, 0.2) is 0 Å². The Balaban J connectivity index is 1.68. The van der Waals surface area contributed by atoms with E-state index in [0.29, 0.717) is 17.2 Å². The Kier molecular flexibility index (Phi) is 7.89. The summed E-state index contributed by atoms with van der Waals surface area (Å²) < 4.78 is 51.5. The summed E-state index contributed by atoms with van der Waals surface area (Å²) in [6.45, 7) is 1.79. The van der Waals surface area contributed by atoms with Gasteiger partial charge in [-0.15, -0.1) is 0 Å². The molecule has 3 aromatic rings. The van der Waals surface area contributed by atoms with Gasteiger partial charge in [-0.05, 0) is 55.5 Å². The molecule has 7 nitrogen and oxygen atoms in total. The van der Waals surface area contributed by atoms with Crippen molar-refractivity contribution < 1.29 is 27.1 Å². The average molecular weight is 473 g/mol. The third-order valence-electron chi connectivity index (χ3n) is 4.74. The van der Waals surface area contributed by atoms with Crippen LogP contribution in [0.4, 0.5) is 10.1 Å². The standard InChI is InChI=1S/C24H25FN2O5S/c1-18-6-10-20(11-7-18)27(33(29,30)23-12-8-19(25)9-13-23)17-24(28)26-14-15-32-22-5-3-4-21(16-22)31-2/h3-13,16H,14-15,17H2,1-2H3,(H,26,28). The first-order valence-corrected chi connectivity index (χ1v) is 11.6. The molecule has 0 radical (unpaired) electrons. The Hall–Kier alpha value is -3.59. The number of halogens is 1. The lowest BCUT2D eigenvalue weighted by atomic mass is 10.2. The number of nitrogens with zero attached hydrogens (tertiary/aromatic N) is 1. The summed E-state index contributed by atoms with van der Waals surface area (Å²) in [6.07, 6.45) is 0. The molecule has 174 valence electrons. The van der Waals surface area contributed by atoms with Crippen molar-refractivity contribution in [3.63, 3.8) is 0 Å². The fourth-order valence-electron chi connectivity index (χ4n) is 3.00. The second-order valence-corrected chi connectivity index (χ2v) is 9.04. The van der Waals surface area contributed by atoms with Crippen molar-refractivity contribution in [2.45, 2.75) is 11.8 Å². The summed E-state index contributed by atoms with van der Waals surface area (Å²) in [4.78, 5) is 12.5. The number of ether oxygens (including phenoxy) is 2. The molecule has 1 amide bonds. The van der Waals surface area contributed by atoms with E-state index in [-0.39, 0.29) is 18.0 Å². The van der Waals surface area contributed by atoms with Crippen LogP contribution in [0.1, 0.15) is 5.56 Å². The van der Waals surface area contributed by atoms with Gasteiger partial charge in [0.1, 0.15) is 30.5 Å². The summed E-state index contributed by atoms with van der Waals surface area (Å²) >= 11 is 0. The van der Waals surface area contributed by atoms with E-state index in [2.05, 4.69) is 5.32 Å². The van der Waals surface area contributed by atoms with Crippen LogP contribution in [0.2, 0.25) is 0 Å². The highest BCUT2D eigenvalue weighted by molar-refractivity contribution is 7.92. The van der Waals surface area contributed by atoms with E-state index >= 15 is 0 Å². The number of nitrogens with one attached hydrogen (secondary N) is 1. The molecular formula is C24H25FN2O5S. The first kappa shape index (κ1) is 24.1. The third-order valence-corrected chi connectivity index (χ3v) is 6.53. The minimum Gasteiger partial charge on any atom is -0.497 e. The Morgan fingerprint density at radius 3 is 2.33 bits per heavy atom. The van der Waals surface area contributed by atoms with Gasteiger partial charge in [-0.3, -0.25) is 9.10 Å². The van der Waals surface area contributed by atoms with E-state index in [1.54, 1.807) is 55.6 Å². The number of sulfonamides is 1. The molecule has 0 fully saturated rings. The minimum atomic E-state index is -4.10. The maximum absolute atomic E-state index is 13.3. The molecule has 0 aromatic heterocycles. The van der Waals surface area contributed by atoms with Crippen molar-refractivity contribution in [1.82, 2.24) is 5.32 Å². The maximum Gasteiger partial charge on any atom is 0.264 e. The van der Waals surface area contributed by atoms with Gasteiger partial charge in [-0.2, -0.15) is 0 Å². The van der Waals surface area contributed by atoms with Crippen LogP contribution in [-0.2, 0) is 14.8 Å². The van der Waals surface area contributed by atoms with E-state index in [4.69, 9.17) is 9.47 Å². The predicted molar refractivity (Wildman–Crippen MR) is 124 cm³/mol. The second kappa shape index (κ2) is 10.8. The lowest BCUT2D eigenvalue weighted by Gasteiger charge is -2.24. The molecular weight excluding hydrogens is 447 g/mol. The second-order valence-electron chi connectivity index (χ2n) is 7.18. The van der Waals surface area contributed by atoms with Crippen molar-refractivity contribution in [3.8, 4) is 11.5 Å². The number of carbonyl (C=O) groups excluding carboxylic acids is 1. The molecule has 3 aromatic carbocycles. The molecule has 0 heterocycles. The molecule has 0 aliphatic carbocycles. The van der Waals surface area contributed by atoms with E-state index in [0.717, 1.165) is 22.0 Å². The highest BCUT2D eigenvalue weighted by Gasteiger charge is 2.27. The summed E-state index contributed by atoms with van der Waals surface area (Å²) in [7, 11) is -2.54. The number of hydrogen-bond donors (Lipinski definition) is 1. The smallest absolute Gasteiger partial charge is 0.264 e. The normalized spacial score (nSPS) is 11.0. The average Bonchev–Trinajstić information content (AvgIpc) is 2.81. The topological polar surface area (TPSA) is 84.9 Å². The van der Waals surface area contributed by atoms with Gasteiger partial charge in [0.2, 0.25) is 5.91 Å². The number of methoxy groups -OCH3 is 1. The zero-order valence-corrected chi connectivity index (χ0v) is 19.1. The first-order chi connectivity index (χ1) is 15.8. The maximum atomic E-state index is 13.3. The van der Waals surface area contributed by atoms with Crippen molar-refractivity contribution in [1.29, 1.82) is 0 Å². The number of amides is 1. The zero-order valence-electron chi connectivity index (χ0n) is 18.3. The van der Waals surface area contributed by atoms with Gasteiger partial charge in [0.25, 0.3) is 10.0 Å². The molecule has 1 N–H and O–H groups in total. The van der Waals surface area contributed by atoms with Gasteiger partial charge in [-0.25, -0.2) is 12.8 Å². The van der Waals surface area contributed by atoms with E-state index < -0.39 is 28.3 Å². The van der Waals surface area contributed by atoms with Gasteiger partial charge >= 0.3 is 0 Å². The number of rotatable bonds is 10. The van der Waals surface area contributed by atoms with Crippen LogP contribution in [0.3, 0.4) is 0 Å². The third kappa shape index (κ3) is 6.45. The Labute approximate surface area is 192 Å². The number of hydrogen-bond acceptors (Lipinski definition) is 5. The van der Waals surface area contributed by atoms with Crippen molar-refractivity contribution in [2.75, 3.05) is 31.1 Å². The number of carbonyl (C=O) groups is 1. The van der Waals surface area contributed by atoms with Gasteiger partial charge in [-0.1, -0.05) is 23.8 Å². The van der Waals surface area contributed by atoms with Crippen molar-refractivity contribution in [2.24, 2.45) is 0 Å². The number of anilines is 1. The van der Waals surface area contributed by atoms with Gasteiger partial charge in [0, 0.05) is 6.07 Å². The highest BCUT2D eigenvalue weighted by atomic mass is 32.2. The predicted octanol–water partition coefficient (Wildman–Crippen LogP) is 3.53. The van der Waals surface area contributed by atoms with Gasteiger partial charge in [0.05, 0.1) is 24.2 Å². The van der Waals surface area contributed by atoms with E-state index in [9.17, 15) is 17.6 Å². The fourth-order valence-corrected chi connectivity index (χ4v) is 4.42. The molecule has 33 heavy (non-hydrogen) atoms. The highest BCUT2D eigenvalue weighted by Crippen LogP contribution is 2.24. The van der Waals surface area contributed by atoms with Crippen LogP contribution in [0, 0.1) is 12.7 Å². The molecule has 0 aliphatic heterocycles. The zero-order chi connectivity index (χ0) is 23.8. The van der Waals surface area contributed by atoms with Crippen LogP contribution in [0.5, 0.6) is 11.5 Å². The molecule has 0 bridgehead atoms. The quantitative estimate of drug-likeness (QED) is 0.457. The summed E-state index contributed by atoms with van der Waals surface area (Å²) in [5.74, 6) is 0.181. The monoisotopic (exact) mass is 472 g/mol. The molecule has 0 spiro atoms. The van der Waals surface area contributed by atoms with Gasteiger partial charge < -0.3 is 14.8 Å². The number of aryl methyl sites for hydroxylation is 1. The summed E-state index contributed by atoms with van der Waals surface area (Å²) in [5, 5.41) is 2.66. The Morgan fingerprint density at radius 1 is 1.00 bits per heavy atom. The molecule has 0 atom stereocenters. The lowest BCUT2D eigenvalue weighted by Crippen LogP contribution is -2.41. The molecule has 0 aliphatic rings. The van der Waals surface area contributed by atoms with E-state index in [1.807, 2.05) is 6.92 Å². The SMILES string of the molecule is COc1cccc(OCCNC(=O)CN(c2ccc(C)cc2)S(=O)(=O)c2ccc(F)cc2)c1. The van der Waals surface area contributed by atoms with Crippen molar-refractivity contribution in [3.05, 3.63) is 84.2 Å². The van der Waals surface area contributed by atoms with Crippen LogP contribution >= 0.6 is 0 Å². The lowest BCUT2D eigenvalue weighted by molar-refractivity contribution is -0.119. The molecule has 0 unspecified atom stereocenters. The summed E-state index contributed by atoms with van der Waals surface area (Å²) in [6, 6.07) is 18.3. The van der Waals surface area contributed by atoms with Crippen LogP contribution in [0.15, 0.2) is 77.7 Å². The summed E-state index contributed by atoms with van der Waals surface area (Å²) in [5.41, 5.74) is 1.27. The first-order valence-electron chi connectivity index (χ1n) is 10.2. The minimum absolute atomic E-state index is 0.112. The van der Waals surface area contributed by atoms with E-state index in [1.165, 1.54) is 12.1 Å². The number of benzene rings is 3. The molecule has 0 saturated heterocycles. The molecule has 0 saturated carbocycles. The Bertz CT molecular complexity index is 1180. The van der Waals surface area contributed by atoms with Crippen LogP contribution < -0.4 is 19.1 Å². The molecule has 3 rings (SSSR count). The fraction of sp³-hybridized carbons (Fsp3) is 0.208. The Morgan fingerprint density at radius 2 is 1.67 bits per heavy atom. The van der Waals surface area contributed by atoms with Crippen molar-refractivity contribution >= 4 is 21.6 Å². The molecule has 9 heteroatoms.